The molecule has 0 aliphatic heterocycles. The Morgan fingerprint density at radius 1 is 1.33 bits per heavy atom. The first-order chi connectivity index (χ1) is 8.70. The number of hydrogen-bond acceptors (Lipinski definition) is 3. The molecule has 0 spiro atoms. The largest absolute Gasteiger partial charge is 0.324 e. The van der Waals surface area contributed by atoms with Gasteiger partial charge in [-0.25, -0.2) is 4.79 Å². The van der Waals surface area contributed by atoms with E-state index in [4.69, 9.17) is 0 Å². The average Bonchev–Trinajstić information content (AvgIpc) is 2.71. The van der Waals surface area contributed by atoms with Gasteiger partial charge in [-0.05, 0) is 25.5 Å². The third-order valence-corrected chi connectivity index (χ3v) is 2.63. The summed E-state index contributed by atoms with van der Waals surface area (Å²) >= 11 is 0. The Morgan fingerprint density at radius 2 is 2.06 bits per heavy atom. The van der Waals surface area contributed by atoms with Crippen LogP contribution in [-0.4, -0.2) is 21.2 Å². The number of aromatic amines is 1. The van der Waals surface area contributed by atoms with Gasteiger partial charge >= 0.3 is 6.03 Å². The van der Waals surface area contributed by atoms with E-state index < -0.39 is 0 Å². The molecule has 2 aromatic rings. The zero-order valence-corrected chi connectivity index (χ0v) is 10.3. The Bertz CT molecular complexity index is 535. The van der Waals surface area contributed by atoms with E-state index in [0.717, 1.165) is 17.7 Å². The summed E-state index contributed by atoms with van der Waals surface area (Å²) in [5.41, 5.74) is 2.67. The van der Waals surface area contributed by atoms with Crippen LogP contribution in [0.25, 0.3) is 0 Å². The molecule has 0 radical (unpaired) electrons. The minimum Gasteiger partial charge on any atom is -0.308 e. The van der Waals surface area contributed by atoms with Gasteiger partial charge in [0.05, 0.1) is 0 Å². The first-order valence-electron chi connectivity index (χ1n) is 5.72. The van der Waals surface area contributed by atoms with Gasteiger partial charge in [0.2, 0.25) is 0 Å². The van der Waals surface area contributed by atoms with E-state index in [2.05, 4.69) is 25.8 Å². The van der Waals surface area contributed by atoms with Crippen molar-refractivity contribution in [2.45, 2.75) is 20.3 Å². The maximum Gasteiger partial charge on any atom is 0.324 e. The van der Waals surface area contributed by atoms with Crippen molar-refractivity contribution in [1.29, 1.82) is 0 Å². The predicted octanol–water partition coefficient (Wildman–Crippen LogP) is 2.32. The molecule has 94 valence electrons. The number of carbonyl (C=O) groups is 1. The molecule has 2 amide bonds. The molecular weight excluding hydrogens is 230 g/mol. The Hall–Kier alpha value is -2.37. The van der Waals surface area contributed by atoms with Crippen molar-refractivity contribution in [3.63, 3.8) is 0 Å². The summed E-state index contributed by atoms with van der Waals surface area (Å²) in [7, 11) is 0. The van der Waals surface area contributed by atoms with Gasteiger partial charge in [0, 0.05) is 29.3 Å². The van der Waals surface area contributed by atoms with Crippen LogP contribution in [0, 0.1) is 6.92 Å². The highest BCUT2D eigenvalue weighted by atomic mass is 16.2. The van der Waals surface area contributed by atoms with Crippen molar-refractivity contribution in [3.05, 3.63) is 35.8 Å². The van der Waals surface area contributed by atoms with Gasteiger partial charge < -0.3 is 5.32 Å². The maximum atomic E-state index is 11.7. The van der Waals surface area contributed by atoms with Gasteiger partial charge in [-0.1, -0.05) is 6.92 Å². The number of pyridine rings is 1. The molecule has 0 atom stereocenters. The summed E-state index contributed by atoms with van der Waals surface area (Å²) in [6, 6.07) is 3.11. The van der Waals surface area contributed by atoms with Crippen LogP contribution in [0.1, 0.15) is 18.2 Å². The first-order valence-corrected chi connectivity index (χ1v) is 5.72. The fourth-order valence-corrected chi connectivity index (χ4v) is 1.61. The van der Waals surface area contributed by atoms with Crippen LogP contribution in [0.3, 0.4) is 0 Å². The van der Waals surface area contributed by atoms with Crippen LogP contribution in [0.2, 0.25) is 0 Å². The molecule has 0 aliphatic rings. The molecule has 0 saturated carbocycles. The first kappa shape index (κ1) is 12.1. The fourth-order valence-electron chi connectivity index (χ4n) is 1.61. The van der Waals surface area contributed by atoms with E-state index in [1.165, 1.54) is 0 Å². The third-order valence-electron chi connectivity index (χ3n) is 2.63. The number of nitrogens with one attached hydrogen (secondary N) is 3. The molecule has 0 unspecified atom stereocenters. The lowest BCUT2D eigenvalue weighted by atomic mass is 10.2. The van der Waals surface area contributed by atoms with Crippen molar-refractivity contribution in [1.82, 2.24) is 15.2 Å². The molecule has 0 bridgehead atoms. The Balaban J connectivity index is 2.01. The van der Waals surface area contributed by atoms with Crippen molar-refractivity contribution in [3.8, 4) is 0 Å². The Morgan fingerprint density at radius 3 is 2.67 bits per heavy atom. The lowest BCUT2D eigenvalue weighted by Gasteiger charge is -2.05. The molecule has 3 N–H and O–H groups in total. The van der Waals surface area contributed by atoms with E-state index >= 15 is 0 Å². The monoisotopic (exact) mass is 245 g/mol. The van der Waals surface area contributed by atoms with E-state index in [-0.39, 0.29) is 6.03 Å². The Kier molecular flexibility index (Phi) is 3.57. The Labute approximate surface area is 105 Å². The van der Waals surface area contributed by atoms with Gasteiger partial charge in [0.1, 0.15) is 0 Å². The number of H-pyrrole nitrogens is 1. The minimum atomic E-state index is -0.321. The molecular formula is C12H15N5O. The summed E-state index contributed by atoms with van der Waals surface area (Å²) in [5, 5.41) is 12.4. The molecule has 0 fully saturated rings. The zero-order valence-electron chi connectivity index (χ0n) is 10.3. The normalized spacial score (nSPS) is 10.1. The number of aryl methyl sites for hydroxylation is 1. The van der Waals surface area contributed by atoms with Crippen LogP contribution in [-0.2, 0) is 6.42 Å². The van der Waals surface area contributed by atoms with Gasteiger partial charge in [0.15, 0.2) is 5.82 Å². The topological polar surface area (TPSA) is 82.7 Å². The van der Waals surface area contributed by atoms with Crippen LogP contribution in [0.5, 0.6) is 0 Å². The lowest BCUT2D eigenvalue weighted by Crippen LogP contribution is -2.20. The molecule has 0 aromatic carbocycles. The van der Waals surface area contributed by atoms with E-state index in [0.29, 0.717) is 11.5 Å². The second-order valence-corrected chi connectivity index (χ2v) is 3.84. The quantitative estimate of drug-likeness (QED) is 0.776. The number of rotatable bonds is 3. The third kappa shape index (κ3) is 2.65. The molecule has 6 heteroatoms. The van der Waals surface area contributed by atoms with Crippen LogP contribution in [0.4, 0.5) is 16.3 Å². The predicted molar refractivity (Wildman–Crippen MR) is 69.6 cm³/mol. The highest BCUT2D eigenvalue weighted by molar-refractivity contribution is 5.99. The van der Waals surface area contributed by atoms with Crippen molar-refractivity contribution in [2.75, 3.05) is 10.6 Å². The highest BCUT2D eigenvalue weighted by Crippen LogP contribution is 2.15. The number of anilines is 2. The summed E-state index contributed by atoms with van der Waals surface area (Å²) in [6.07, 6.45) is 4.08. The summed E-state index contributed by atoms with van der Waals surface area (Å²) in [6.45, 7) is 3.95. The van der Waals surface area contributed by atoms with E-state index in [1.54, 1.807) is 24.5 Å². The van der Waals surface area contributed by atoms with Crippen LogP contribution < -0.4 is 10.6 Å². The van der Waals surface area contributed by atoms with Crippen LogP contribution >= 0.6 is 0 Å². The molecule has 6 nitrogen and oxygen atoms in total. The van der Waals surface area contributed by atoms with Gasteiger partial charge in [-0.15, -0.1) is 0 Å². The van der Waals surface area contributed by atoms with Gasteiger partial charge in [-0.3, -0.25) is 15.4 Å². The number of nitrogens with zero attached hydrogens (tertiary/aromatic N) is 2. The van der Waals surface area contributed by atoms with E-state index in [1.807, 2.05) is 13.8 Å². The summed E-state index contributed by atoms with van der Waals surface area (Å²) in [5.74, 6) is 0.554. The van der Waals surface area contributed by atoms with Crippen LogP contribution in [0.15, 0.2) is 24.5 Å². The number of urea groups is 1. The lowest BCUT2D eigenvalue weighted by molar-refractivity contribution is 0.262. The molecule has 18 heavy (non-hydrogen) atoms. The molecule has 0 saturated heterocycles. The second kappa shape index (κ2) is 5.31. The highest BCUT2D eigenvalue weighted by Gasteiger charge is 2.10. The fraction of sp³-hybridized carbons (Fsp3) is 0.250. The summed E-state index contributed by atoms with van der Waals surface area (Å²) < 4.78 is 0. The number of amides is 2. The number of aromatic nitrogens is 3. The summed E-state index contributed by atoms with van der Waals surface area (Å²) in [4.78, 5) is 15.6. The number of hydrogen-bond donors (Lipinski definition) is 3. The van der Waals surface area contributed by atoms with Crippen molar-refractivity contribution in [2.24, 2.45) is 0 Å². The second-order valence-electron chi connectivity index (χ2n) is 3.84. The smallest absolute Gasteiger partial charge is 0.308 e. The molecule has 0 aliphatic carbocycles. The zero-order chi connectivity index (χ0) is 13.0. The van der Waals surface area contributed by atoms with Gasteiger partial charge in [-0.2, -0.15) is 5.10 Å². The van der Waals surface area contributed by atoms with Crippen molar-refractivity contribution >= 4 is 17.5 Å². The SMILES string of the molecule is CCc1[nH]nc(NC(=O)Nc2ccncc2)c1C. The standard InChI is InChI=1S/C12H15N5O/c1-3-10-8(2)11(17-16-10)15-12(18)14-9-4-6-13-7-5-9/h4-7H,3H2,1-2H3,(H3,13,14,15,16,17,18). The van der Waals surface area contributed by atoms with Crippen molar-refractivity contribution < 1.29 is 4.79 Å². The minimum absolute atomic E-state index is 0.321. The molecule has 2 heterocycles. The number of carbonyl (C=O) groups excluding carboxylic acids is 1. The van der Waals surface area contributed by atoms with Gasteiger partial charge in [0.25, 0.3) is 0 Å². The molecule has 2 rings (SSSR count). The average molecular weight is 245 g/mol. The maximum absolute atomic E-state index is 11.7. The van der Waals surface area contributed by atoms with E-state index in [9.17, 15) is 4.79 Å². The molecule has 2 aromatic heterocycles.